The third kappa shape index (κ3) is 3.71. The fourth-order valence-electron chi connectivity index (χ4n) is 3.01. The Morgan fingerprint density at radius 3 is 2.21 bits per heavy atom. The number of ether oxygens (including phenoxy) is 1. The molecular formula is C19H21ClN2O2. The van der Waals surface area contributed by atoms with E-state index in [2.05, 4.69) is 4.90 Å². The predicted octanol–water partition coefficient (Wildman–Crippen LogP) is 3.38. The molecule has 1 saturated heterocycles. The summed E-state index contributed by atoms with van der Waals surface area (Å²) in [5.74, 6) is 0.0273. The summed E-state index contributed by atoms with van der Waals surface area (Å²) in [5, 5.41) is 0.735. The second kappa shape index (κ2) is 7.69. The van der Waals surface area contributed by atoms with Gasteiger partial charge >= 0.3 is 0 Å². The van der Waals surface area contributed by atoms with Crippen LogP contribution in [0.3, 0.4) is 0 Å². The first-order chi connectivity index (χ1) is 11.7. The van der Waals surface area contributed by atoms with Gasteiger partial charge in [0.15, 0.2) is 6.10 Å². The Morgan fingerprint density at radius 1 is 1.00 bits per heavy atom. The molecule has 1 aliphatic heterocycles. The number of amides is 1. The van der Waals surface area contributed by atoms with Gasteiger partial charge in [0.05, 0.1) is 0 Å². The van der Waals surface area contributed by atoms with E-state index >= 15 is 0 Å². The third-order valence-electron chi connectivity index (χ3n) is 4.35. The molecule has 0 saturated carbocycles. The zero-order chi connectivity index (χ0) is 16.9. The maximum atomic E-state index is 12.8. The molecule has 126 valence electrons. The number of nitrogens with zero attached hydrogens (tertiary/aromatic N) is 2. The quantitative estimate of drug-likeness (QED) is 0.852. The smallest absolute Gasteiger partial charge is 0.256 e. The van der Waals surface area contributed by atoms with Gasteiger partial charge in [-0.25, -0.2) is 0 Å². The van der Waals surface area contributed by atoms with E-state index in [1.54, 1.807) is 7.11 Å². The van der Waals surface area contributed by atoms with Crippen LogP contribution in [-0.4, -0.2) is 44.1 Å². The molecule has 2 aromatic carbocycles. The summed E-state index contributed by atoms with van der Waals surface area (Å²) < 4.78 is 5.46. The SMILES string of the molecule is COC(C(=O)N1CCN(c2ccc(Cl)cc2)CC1)c1ccccc1. The lowest BCUT2D eigenvalue weighted by Gasteiger charge is -2.37. The van der Waals surface area contributed by atoms with E-state index in [9.17, 15) is 4.79 Å². The van der Waals surface area contributed by atoms with Gasteiger partial charge in [0.2, 0.25) is 0 Å². The summed E-state index contributed by atoms with van der Waals surface area (Å²) in [6.07, 6.45) is -0.534. The van der Waals surface area contributed by atoms with Gasteiger partial charge in [0.1, 0.15) is 0 Å². The van der Waals surface area contributed by atoms with Gasteiger partial charge in [-0.3, -0.25) is 4.79 Å². The first-order valence-electron chi connectivity index (χ1n) is 8.06. The van der Waals surface area contributed by atoms with Crippen molar-refractivity contribution in [3.63, 3.8) is 0 Å². The van der Waals surface area contributed by atoms with Crippen molar-refractivity contribution in [1.82, 2.24) is 4.90 Å². The average Bonchev–Trinajstić information content (AvgIpc) is 2.64. The number of piperazine rings is 1. The first-order valence-corrected chi connectivity index (χ1v) is 8.44. The average molecular weight is 345 g/mol. The van der Waals surface area contributed by atoms with Crippen LogP contribution in [0.25, 0.3) is 0 Å². The summed E-state index contributed by atoms with van der Waals surface area (Å²) >= 11 is 5.94. The van der Waals surface area contributed by atoms with Gasteiger partial charge in [0.25, 0.3) is 5.91 Å². The number of halogens is 1. The minimum Gasteiger partial charge on any atom is -0.368 e. The van der Waals surface area contributed by atoms with E-state index in [0.717, 1.165) is 29.4 Å². The molecule has 0 radical (unpaired) electrons. The van der Waals surface area contributed by atoms with Crippen molar-refractivity contribution in [2.75, 3.05) is 38.2 Å². The zero-order valence-electron chi connectivity index (χ0n) is 13.7. The molecule has 3 rings (SSSR count). The molecule has 0 aromatic heterocycles. The fraction of sp³-hybridized carbons (Fsp3) is 0.316. The number of carbonyl (C=O) groups is 1. The topological polar surface area (TPSA) is 32.8 Å². The lowest BCUT2D eigenvalue weighted by atomic mass is 10.1. The minimum atomic E-state index is -0.534. The molecule has 4 nitrogen and oxygen atoms in total. The highest BCUT2D eigenvalue weighted by atomic mass is 35.5. The Bertz CT molecular complexity index is 668. The molecule has 0 aliphatic carbocycles. The first kappa shape index (κ1) is 16.8. The van der Waals surface area contributed by atoms with Crippen LogP contribution in [0.4, 0.5) is 5.69 Å². The zero-order valence-corrected chi connectivity index (χ0v) is 14.4. The number of rotatable bonds is 4. The van der Waals surface area contributed by atoms with Crippen molar-refractivity contribution in [2.24, 2.45) is 0 Å². The van der Waals surface area contributed by atoms with Crippen molar-refractivity contribution in [3.05, 3.63) is 65.2 Å². The van der Waals surface area contributed by atoms with Crippen LogP contribution in [-0.2, 0) is 9.53 Å². The molecule has 1 amide bonds. The summed E-state index contributed by atoms with van der Waals surface area (Å²) in [6.45, 7) is 2.99. The molecule has 1 fully saturated rings. The van der Waals surface area contributed by atoms with Crippen molar-refractivity contribution in [3.8, 4) is 0 Å². The normalized spacial score (nSPS) is 16.1. The highest BCUT2D eigenvalue weighted by Crippen LogP contribution is 2.23. The number of carbonyl (C=O) groups excluding carboxylic acids is 1. The molecule has 5 heteroatoms. The van der Waals surface area contributed by atoms with Crippen molar-refractivity contribution in [1.29, 1.82) is 0 Å². The summed E-state index contributed by atoms with van der Waals surface area (Å²) in [6, 6.07) is 17.5. The predicted molar refractivity (Wildman–Crippen MR) is 96.4 cm³/mol. The van der Waals surface area contributed by atoms with Crippen LogP contribution in [0.1, 0.15) is 11.7 Å². The molecule has 1 unspecified atom stereocenters. The summed E-state index contributed by atoms with van der Waals surface area (Å²) in [7, 11) is 1.58. The minimum absolute atomic E-state index is 0.0273. The van der Waals surface area contributed by atoms with Gasteiger partial charge in [-0.15, -0.1) is 0 Å². The maximum absolute atomic E-state index is 12.8. The van der Waals surface area contributed by atoms with Crippen molar-refractivity contribution in [2.45, 2.75) is 6.10 Å². The Labute approximate surface area is 147 Å². The largest absolute Gasteiger partial charge is 0.368 e. The Hall–Kier alpha value is -2.04. The van der Waals surface area contributed by atoms with E-state index < -0.39 is 6.10 Å². The molecular weight excluding hydrogens is 324 g/mol. The van der Waals surface area contributed by atoms with E-state index in [4.69, 9.17) is 16.3 Å². The van der Waals surface area contributed by atoms with Gasteiger partial charge < -0.3 is 14.5 Å². The van der Waals surface area contributed by atoms with Gasteiger partial charge in [-0.2, -0.15) is 0 Å². The molecule has 1 aliphatic rings. The molecule has 2 aromatic rings. The number of anilines is 1. The Kier molecular flexibility index (Phi) is 5.38. The second-order valence-electron chi connectivity index (χ2n) is 5.82. The summed E-state index contributed by atoms with van der Waals surface area (Å²) in [5.41, 5.74) is 2.03. The van der Waals surface area contributed by atoms with Gasteiger partial charge in [-0.1, -0.05) is 41.9 Å². The standard InChI is InChI=1S/C19H21ClN2O2/c1-24-18(15-5-3-2-4-6-15)19(23)22-13-11-21(12-14-22)17-9-7-16(20)8-10-17/h2-10,18H,11-14H2,1H3. The van der Waals surface area contributed by atoms with Crippen LogP contribution < -0.4 is 4.90 Å². The third-order valence-corrected chi connectivity index (χ3v) is 4.60. The Morgan fingerprint density at radius 2 is 1.62 bits per heavy atom. The van der Waals surface area contributed by atoms with Gasteiger partial charge in [-0.05, 0) is 29.8 Å². The maximum Gasteiger partial charge on any atom is 0.256 e. The van der Waals surface area contributed by atoms with Crippen LogP contribution in [0.2, 0.25) is 5.02 Å². The molecule has 24 heavy (non-hydrogen) atoms. The van der Waals surface area contributed by atoms with E-state index in [1.165, 1.54) is 0 Å². The number of hydrogen-bond acceptors (Lipinski definition) is 3. The van der Waals surface area contributed by atoms with Gasteiger partial charge in [0, 0.05) is 44.0 Å². The second-order valence-corrected chi connectivity index (χ2v) is 6.25. The van der Waals surface area contributed by atoms with Crippen LogP contribution in [0, 0.1) is 0 Å². The number of benzene rings is 2. The fourth-order valence-corrected chi connectivity index (χ4v) is 3.14. The molecule has 1 heterocycles. The van der Waals surface area contributed by atoms with Crippen LogP contribution in [0.5, 0.6) is 0 Å². The van der Waals surface area contributed by atoms with Crippen molar-refractivity contribution >= 4 is 23.2 Å². The van der Waals surface area contributed by atoms with E-state index in [-0.39, 0.29) is 5.91 Å². The monoisotopic (exact) mass is 344 g/mol. The number of hydrogen-bond donors (Lipinski definition) is 0. The molecule has 0 bridgehead atoms. The lowest BCUT2D eigenvalue weighted by Crippen LogP contribution is -2.50. The van der Waals surface area contributed by atoms with Crippen LogP contribution >= 0.6 is 11.6 Å². The molecule has 1 atom stereocenters. The van der Waals surface area contributed by atoms with Crippen LogP contribution in [0.15, 0.2) is 54.6 Å². The molecule has 0 N–H and O–H groups in total. The van der Waals surface area contributed by atoms with Crippen molar-refractivity contribution < 1.29 is 9.53 Å². The highest BCUT2D eigenvalue weighted by Gasteiger charge is 2.28. The summed E-state index contributed by atoms with van der Waals surface area (Å²) in [4.78, 5) is 16.9. The Balaban J connectivity index is 1.63. The molecule has 0 spiro atoms. The highest BCUT2D eigenvalue weighted by molar-refractivity contribution is 6.30. The van der Waals surface area contributed by atoms with E-state index in [0.29, 0.717) is 13.1 Å². The number of methoxy groups -OCH3 is 1. The lowest BCUT2D eigenvalue weighted by molar-refractivity contribution is -0.142. The van der Waals surface area contributed by atoms with E-state index in [1.807, 2.05) is 59.5 Å².